The first kappa shape index (κ1) is 19.5. The first-order chi connectivity index (χ1) is 14.3. The second-order valence-corrected chi connectivity index (χ2v) is 7.85. The Balaban J connectivity index is 1.28. The minimum absolute atomic E-state index is 0.672. The SMILES string of the molecule is Clc1ccc(NCc2ccncc2NCC2CCN(c3ccncc3)CC2)cc1. The van der Waals surface area contributed by atoms with E-state index in [0.29, 0.717) is 5.92 Å². The summed E-state index contributed by atoms with van der Waals surface area (Å²) in [5, 5.41) is 7.83. The van der Waals surface area contributed by atoms with Crippen molar-refractivity contribution in [2.45, 2.75) is 19.4 Å². The molecule has 5 nitrogen and oxygen atoms in total. The number of pyridine rings is 2. The summed E-state index contributed by atoms with van der Waals surface area (Å²) < 4.78 is 0. The van der Waals surface area contributed by atoms with Crippen LogP contribution in [0.4, 0.5) is 17.1 Å². The fourth-order valence-electron chi connectivity index (χ4n) is 3.71. The van der Waals surface area contributed by atoms with Crippen LogP contribution in [0.1, 0.15) is 18.4 Å². The molecule has 0 saturated carbocycles. The smallest absolute Gasteiger partial charge is 0.0577 e. The number of rotatable bonds is 7. The van der Waals surface area contributed by atoms with Crippen molar-refractivity contribution in [2.75, 3.05) is 35.2 Å². The summed E-state index contributed by atoms with van der Waals surface area (Å²) in [6, 6.07) is 14.0. The van der Waals surface area contributed by atoms with Crippen LogP contribution in [0.25, 0.3) is 0 Å². The molecule has 0 bridgehead atoms. The molecule has 2 aromatic heterocycles. The van der Waals surface area contributed by atoms with Gasteiger partial charge in [-0.25, -0.2) is 0 Å². The van der Waals surface area contributed by atoms with Crippen LogP contribution in [0, 0.1) is 5.92 Å². The summed E-state index contributed by atoms with van der Waals surface area (Å²) in [5.41, 5.74) is 4.64. The van der Waals surface area contributed by atoms with Crippen LogP contribution >= 0.6 is 11.6 Å². The highest BCUT2D eigenvalue weighted by Crippen LogP contribution is 2.24. The molecular formula is C23H26ClN5. The molecule has 29 heavy (non-hydrogen) atoms. The van der Waals surface area contributed by atoms with Gasteiger partial charge in [0.25, 0.3) is 0 Å². The Labute approximate surface area is 177 Å². The van der Waals surface area contributed by atoms with Crippen LogP contribution in [-0.4, -0.2) is 29.6 Å². The van der Waals surface area contributed by atoms with Gasteiger partial charge in [0.15, 0.2) is 0 Å². The van der Waals surface area contributed by atoms with E-state index in [0.717, 1.165) is 42.6 Å². The van der Waals surface area contributed by atoms with E-state index in [-0.39, 0.29) is 0 Å². The second kappa shape index (κ2) is 9.61. The molecule has 0 atom stereocenters. The summed E-state index contributed by atoms with van der Waals surface area (Å²) in [4.78, 5) is 10.9. The lowest BCUT2D eigenvalue weighted by molar-refractivity contribution is 0.423. The number of piperidine rings is 1. The Kier molecular flexibility index (Phi) is 6.47. The van der Waals surface area contributed by atoms with E-state index in [2.05, 4.69) is 43.7 Å². The van der Waals surface area contributed by atoms with Crippen molar-refractivity contribution in [3.8, 4) is 0 Å². The van der Waals surface area contributed by atoms with Crippen LogP contribution in [0.3, 0.4) is 0 Å². The summed E-state index contributed by atoms with van der Waals surface area (Å²) in [7, 11) is 0. The van der Waals surface area contributed by atoms with E-state index in [1.165, 1.54) is 24.1 Å². The summed E-state index contributed by atoms with van der Waals surface area (Å²) >= 11 is 5.96. The van der Waals surface area contributed by atoms with Gasteiger partial charge in [0, 0.05) is 61.2 Å². The Morgan fingerprint density at radius 2 is 1.62 bits per heavy atom. The Morgan fingerprint density at radius 3 is 2.38 bits per heavy atom. The van der Waals surface area contributed by atoms with Crippen molar-refractivity contribution >= 4 is 28.7 Å². The molecular weight excluding hydrogens is 382 g/mol. The maximum absolute atomic E-state index is 5.96. The molecule has 1 aliphatic rings. The van der Waals surface area contributed by atoms with E-state index >= 15 is 0 Å². The molecule has 0 amide bonds. The highest BCUT2D eigenvalue weighted by Gasteiger charge is 2.19. The predicted molar refractivity (Wildman–Crippen MR) is 121 cm³/mol. The lowest BCUT2D eigenvalue weighted by atomic mass is 9.96. The molecule has 150 valence electrons. The summed E-state index contributed by atoms with van der Waals surface area (Å²) in [5.74, 6) is 0.672. The van der Waals surface area contributed by atoms with Crippen LogP contribution in [0.5, 0.6) is 0 Å². The normalized spacial score (nSPS) is 14.6. The van der Waals surface area contributed by atoms with Gasteiger partial charge in [0.1, 0.15) is 0 Å². The number of halogens is 1. The van der Waals surface area contributed by atoms with E-state index in [1.54, 1.807) is 0 Å². The third-order valence-electron chi connectivity index (χ3n) is 5.46. The molecule has 1 aromatic carbocycles. The average molecular weight is 408 g/mol. The van der Waals surface area contributed by atoms with Crippen LogP contribution in [0.15, 0.2) is 67.3 Å². The van der Waals surface area contributed by atoms with Crippen molar-refractivity contribution in [2.24, 2.45) is 5.92 Å². The number of nitrogens with one attached hydrogen (secondary N) is 2. The van der Waals surface area contributed by atoms with Crippen molar-refractivity contribution in [3.63, 3.8) is 0 Å². The molecule has 3 aromatic rings. The molecule has 0 unspecified atom stereocenters. The minimum atomic E-state index is 0.672. The highest BCUT2D eigenvalue weighted by atomic mass is 35.5. The van der Waals surface area contributed by atoms with Gasteiger partial charge >= 0.3 is 0 Å². The Morgan fingerprint density at radius 1 is 0.897 bits per heavy atom. The van der Waals surface area contributed by atoms with Crippen LogP contribution in [0.2, 0.25) is 5.02 Å². The van der Waals surface area contributed by atoms with Crippen molar-refractivity contribution in [3.05, 3.63) is 77.8 Å². The molecule has 0 spiro atoms. The van der Waals surface area contributed by atoms with Gasteiger partial charge in [-0.2, -0.15) is 0 Å². The molecule has 6 heteroatoms. The standard InChI is InChI=1S/C23H26ClN5/c24-20-1-3-21(4-2-20)27-16-19-5-10-26-17-23(19)28-15-18-8-13-29(14-9-18)22-6-11-25-12-7-22/h1-7,10-12,17-18,27-28H,8-9,13-16H2. The maximum atomic E-state index is 5.96. The topological polar surface area (TPSA) is 53.1 Å². The number of anilines is 3. The lowest BCUT2D eigenvalue weighted by Crippen LogP contribution is -2.35. The molecule has 2 N–H and O–H groups in total. The zero-order valence-corrected chi connectivity index (χ0v) is 17.1. The number of aromatic nitrogens is 2. The molecule has 0 aliphatic carbocycles. The third-order valence-corrected chi connectivity index (χ3v) is 5.71. The number of hydrogen-bond acceptors (Lipinski definition) is 5. The zero-order chi connectivity index (χ0) is 19.9. The van der Waals surface area contributed by atoms with E-state index in [9.17, 15) is 0 Å². The predicted octanol–water partition coefficient (Wildman–Crippen LogP) is 5.07. The Bertz CT molecular complexity index is 893. The van der Waals surface area contributed by atoms with E-state index in [4.69, 9.17) is 11.6 Å². The first-order valence-corrected chi connectivity index (χ1v) is 10.5. The molecule has 1 aliphatic heterocycles. The molecule has 1 fully saturated rings. The minimum Gasteiger partial charge on any atom is -0.383 e. The Hall–Kier alpha value is -2.79. The largest absolute Gasteiger partial charge is 0.383 e. The zero-order valence-electron chi connectivity index (χ0n) is 16.4. The number of nitrogens with zero attached hydrogens (tertiary/aromatic N) is 3. The lowest BCUT2D eigenvalue weighted by Gasteiger charge is -2.33. The van der Waals surface area contributed by atoms with Gasteiger partial charge in [-0.1, -0.05) is 11.6 Å². The fraction of sp³-hybridized carbons (Fsp3) is 0.304. The van der Waals surface area contributed by atoms with E-state index in [1.807, 2.05) is 49.1 Å². The monoisotopic (exact) mass is 407 g/mol. The quantitative estimate of drug-likeness (QED) is 0.572. The van der Waals surface area contributed by atoms with Crippen LogP contribution < -0.4 is 15.5 Å². The third kappa shape index (κ3) is 5.39. The van der Waals surface area contributed by atoms with Gasteiger partial charge in [-0.3, -0.25) is 9.97 Å². The number of hydrogen-bond donors (Lipinski definition) is 2. The summed E-state index contributed by atoms with van der Waals surface area (Å²) in [6.45, 7) is 3.90. The van der Waals surface area contributed by atoms with Crippen molar-refractivity contribution < 1.29 is 0 Å². The van der Waals surface area contributed by atoms with Crippen molar-refractivity contribution in [1.29, 1.82) is 0 Å². The van der Waals surface area contributed by atoms with Gasteiger partial charge in [-0.05, 0) is 66.8 Å². The fourth-order valence-corrected chi connectivity index (χ4v) is 3.83. The molecule has 1 saturated heterocycles. The van der Waals surface area contributed by atoms with Gasteiger partial charge < -0.3 is 15.5 Å². The highest BCUT2D eigenvalue weighted by molar-refractivity contribution is 6.30. The molecule has 4 rings (SSSR count). The van der Waals surface area contributed by atoms with Gasteiger partial charge in [0.05, 0.1) is 11.9 Å². The second-order valence-electron chi connectivity index (χ2n) is 7.41. The van der Waals surface area contributed by atoms with Gasteiger partial charge in [0.2, 0.25) is 0 Å². The number of benzene rings is 1. The first-order valence-electron chi connectivity index (χ1n) is 10.1. The summed E-state index contributed by atoms with van der Waals surface area (Å²) in [6.07, 6.45) is 9.88. The van der Waals surface area contributed by atoms with E-state index < -0.39 is 0 Å². The average Bonchev–Trinajstić information content (AvgIpc) is 2.79. The van der Waals surface area contributed by atoms with Crippen LogP contribution in [-0.2, 0) is 6.54 Å². The van der Waals surface area contributed by atoms with Gasteiger partial charge in [-0.15, -0.1) is 0 Å². The molecule has 0 radical (unpaired) electrons. The molecule has 3 heterocycles. The maximum Gasteiger partial charge on any atom is 0.0577 e. The van der Waals surface area contributed by atoms with Crippen molar-refractivity contribution in [1.82, 2.24) is 9.97 Å².